The second kappa shape index (κ2) is 12.2. The fraction of sp³-hybridized carbons (Fsp3) is 0.393. The van der Waals surface area contributed by atoms with Crippen molar-refractivity contribution in [3.63, 3.8) is 0 Å². The van der Waals surface area contributed by atoms with Crippen LogP contribution in [0.15, 0.2) is 48.5 Å². The van der Waals surface area contributed by atoms with Crippen molar-refractivity contribution in [2.75, 3.05) is 7.11 Å². The van der Waals surface area contributed by atoms with E-state index in [4.69, 9.17) is 14.8 Å². The number of nitrogens with one attached hydrogen (secondary N) is 1. The lowest BCUT2D eigenvalue weighted by Gasteiger charge is -2.17. The van der Waals surface area contributed by atoms with Gasteiger partial charge in [0.25, 0.3) is 5.91 Å². The monoisotopic (exact) mass is 525 g/mol. The normalized spacial score (nSPS) is 14.6. The molecule has 1 saturated carbocycles. The molecule has 1 amide bonds. The first kappa shape index (κ1) is 27.3. The zero-order valence-corrected chi connectivity index (χ0v) is 21.1. The maximum atomic E-state index is 13.6. The van der Waals surface area contributed by atoms with Crippen LogP contribution in [0.5, 0.6) is 5.75 Å². The third-order valence-corrected chi connectivity index (χ3v) is 6.52. The Morgan fingerprint density at radius 2 is 1.89 bits per heavy atom. The van der Waals surface area contributed by atoms with Crippen LogP contribution >= 0.6 is 0 Å². The van der Waals surface area contributed by atoms with Crippen LogP contribution in [-0.4, -0.2) is 56.1 Å². The van der Waals surface area contributed by atoms with E-state index in [1.165, 1.54) is 12.1 Å². The Kier molecular flexibility index (Phi) is 8.75. The maximum absolute atomic E-state index is 13.6. The van der Waals surface area contributed by atoms with Crippen molar-refractivity contribution >= 4 is 11.9 Å². The smallest absolute Gasteiger partial charge is 0.305 e. The minimum absolute atomic E-state index is 0.0838. The van der Waals surface area contributed by atoms with Crippen molar-refractivity contribution < 1.29 is 34.0 Å². The number of hydrogen-bond acceptors (Lipinski definition) is 6. The molecule has 0 spiro atoms. The topological polar surface area (TPSA) is 134 Å². The summed E-state index contributed by atoms with van der Waals surface area (Å²) in [5, 5.41) is 32.2. The zero-order valence-electron chi connectivity index (χ0n) is 21.1. The van der Waals surface area contributed by atoms with Crippen LogP contribution in [0.4, 0.5) is 4.39 Å². The molecule has 4 N–H and O–H groups in total. The fourth-order valence-electron chi connectivity index (χ4n) is 4.49. The number of amides is 1. The van der Waals surface area contributed by atoms with Crippen molar-refractivity contribution in [2.45, 2.75) is 63.3 Å². The van der Waals surface area contributed by atoms with Crippen LogP contribution in [0.2, 0.25) is 0 Å². The lowest BCUT2D eigenvalue weighted by Crippen LogP contribution is -2.25. The summed E-state index contributed by atoms with van der Waals surface area (Å²) >= 11 is 0. The summed E-state index contributed by atoms with van der Waals surface area (Å²) in [5.74, 6) is -0.577. The van der Waals surface area contributed by atoms with Gasteiger partial charge < -0.3 is 29.9 Å². The Morgan fingerprint density at radius 3 is 2.55 bits per heavy atom. The molecule has 9 nitrogen and oxygen atoms in total. The number of hydrogen-bond donors (Lipinski definition) is 4. The molecule has 0 unspecified atom stereocenters. The summed E-state index contributed by atoms with van der Waals surface area (Å²) < 4.78 is 20.8. The Morgan fingerprint density at radius 1 is 1.16 bits per heavy atom. The van der Waals surface area contributed by atoms with E-state index in [-0.39, 0.29) is 43.5 Å². The van der Waals surface area contributed by atoms with Crippen LogP contribution in [0, 0.1) is 5.82 Å². The predicted molar refractivity (Wildman–Crippen MR) is 137 cm³/mol. The Balaban J connectivity index is 1.60. The van der Waals surface area contributed by atoms with Gasteiger partial charge in [0.15, 0.2) is 0 Å². The van der Waals surface area contributed by atoms with E-state index in [1.54, 1.807) is 19.2 Å². The molecule has 0 radical (unpaired) electrons. The van der Waals surface area contributed by atoms with E-state index in [9.17, 15) is 24.2 Å². The molecule has 202 valence electrons. The van der Waals surface area contributed by atoms with E-state index < -0.39 is 30.4 Å². The van der Waals surface area contributed by atoms with Crippen molar-refractivity contribution in [3.05, 3.63) is 71.3 Å². The average Bonchev–Trinajstić information content (AvgIpc) is 3.66. The molecule has 2 aromatic carbocycles. The average molecular weight is 526 g/mol. The lowest BCUT2D eigenvalue weighted by atomic mass is 10.1. The second-order valence-corrected chi connectivity index (χ2v) is 9.57. The van der Waals surface area contributed by atoms with Gasteiger partial charge in [0.05, 0.1) is 31.4 Å². The molecule has 1 aliphatic rings. The van der Waals surface area contributed by atoms with Crippen molar-refractivity contribution in [1.29, 1.82) is 0 Å². The number of aromatic nitrogens is 2. The first-order valence-corrected chi connectivity index (χ1v) is 12.6. The number of carbonyl (C=O) groups excluding carboxylic acids is 1. The molecular formula is C28H32FN3O6. The summed E-state index contributed by atoms with van der Waals surface area (Å²) in [5.41, 5.74) is 2.54. The first-order valence-electron chi connectivity index (χ1n) is 12.6. The van der Waals surface area contributed by atoms with Gasteiger partial charge >= 0.3 is 5.97 Å². The number of carbonyl (C=O) groups is 2. The zero-order chi connectivity index (χ0) is 27.2. The largest absolute Gasteiger partial charge is 0.497 e. The molecular weight excluding hydrogens is 493 g/mol. The minimum Gasteiger partial charge on any atom is -0.497 e. The van der Waals surface area contributed by atoms with Crippen LogP contribution in [0.1, 0.15) is 59.8 Å². The number of ether oxygens (including phenoxy) is 1. The third kappa shape index (κ3) is 6.96. The number of nitrogens with zero attached hydrogens (tertiary/aromatic N) is 2. The molecule has 3 aromatic rings. The third-order valence-electron chi connectivity index (χ3n) is 6.52. The van der Waals surface area contributed by atoms with E-state index in [0.717, 1.165) is 24.1 Å². The number of benzene rings is 2. The van der Waals surface area contributed by atoms with Gasteiger partial charge in [-0.25, -0.2) is 9.37 Å². The van der Waals surface area contributed by atoms with Gasteiger partial charge in [0, 0.05) is 24.6 Å². The highest BCUT2D eigenvalue weighted by molar-refractivity contribution is 5.94. The highest BCUT2D eigenvalue weighted by Gasteiger charge is 2.35. The van der Waals surface area contributed by atoms with Gasteiger partial charge in [0.1, 0.15) is 23.1 Å². The molecule has 0 bridgehead atoms. The van der Waals surface area contributed by atoms with Gasteiger partial charge in [0.2, 0.25) is 0 Å². The number of imidazole rings is 1. The summed E-state index contributed by atoms with van der Waals surface area (Å²) in [6, 6.07) is 13.2. The van der Waals surface area contributed by atoms with E-state index in [1.807, 2.05) is 28.8 Å². The summed E-state index contributed by atoms with van der Waals surface area (Å²) in [4.78, 5) is 28.9. The SMILES string of the molecule is COc1cccc(CNC(=O)c2nc(-c3ccc(F)cc3)n(CC[C@@H](O)C[C@@H](O)CC(=O)O)c2C2CC2)c1. The number of aliphatic hydroxyl groups is 2. The number of methoxy groups -OCH3 is 1. The fourth-order valence-corrected chi connectivity index (χ4v) is 4.49. The molecule has 0 aliphatic heterocycles. The Hall–Kier alpha value is -3.76. The summed E-state index contributed by atoms with van der Waals surface area (Å²) in [7, 11) is 1.58. The maximum Gasteiger partial charge on any atom is 0.305 e. The quantitative estimate of drug-likeness (QED) is 0.268. The van der Waals surface area contributed by atoms with Crippen LogP contribution in [0.25, 0.3) is 11.4 Å². The van der Waals surface area contributed by atoms with Crippen molar-refractivity contribution in [2.24, 2.45) is 0 Å². The number of aliphatic carboxylic acids is 1. The lowest BCUT2D eigenvalue weighted by molar-refractivity contribution is -0.139. The molecule has 1 fully saturated rings. The van der Waals surface area contributed by atoms with E-state index >= 15 is 0 Å². The molecule has 2 atom stereocenters. The molecule has 0 saturated heterocycles. The number of carboxylic acids is 1. The standard InChI is InChI=1S/C28H32FN3O6/c1-38-23-4-2-3-17(13-23)16-30-28(37)25-26(18-5-6-18)32(12-11-21(33)14-22(34)15-24(35)36)27(31-25)19-7-9-20(29)10-8-19/h2-4,7-10,13,18,21-22,33-34H,5-6,11-12,14-16H2,1H3,(H,30,37)(H,35,36)/t21-,22-/m1/s1. The van der Waals surface area contributed by atoms with Crippen LogP contribution in [-0.2, 0) is 17.9 Å². The second-order valence-electron chi connectivity index (χ2n) is 9.57. The molecule has 38 heavy (non-hydrogen) atoms. The van der Waals surface area contributed by atoms with Gasteiger partial charge in [-0.15, -0.1) is 0 Å². The first-order chi connectivity index (χ1) is 18.2. The van der Waals surface area contributed by atoms with Gasteiger partial charge in [-0.2, -0.15) is 0 Å². The molecule has 1 aromatic heterocycles. The van der Waals surface area contributed by atoms with Crippen molar-refractivity contribution in [3.8, 4) is 17.1 Å². The summed E-state index contributed by atoms with van der Waals surface area (Å²) in [6.07, 6.45) is -0.651. The molecule has 10 heteroatoms. The Labute approximate surface area is 219 Å². The predicted octanol–water partition coefficient (Wildman–Crippen LogP) is 3.48. The van der Waals surface area contributed by atoms with Gasteiger partial charge in [-0.3, -0.25) is 9.59 Å². The van der Waals surface area contributed by atoms with Crippen LogP contribution in [0.3, 0.4) is 0 Å². The number of aliphatic hydroxyl groups excluding tert-OH is 2. The highest BCUT2D eigenvalue weighted by atomic mass is 19.1. The number of carboxylic acid groups (broad SMARTS) is 1. The van der Waals surface area contributed by atoms with E-state index in [2.05, 4.69) is 5.32 Å². The molecule has 4 rings (SSSR count). The molecule has 1 heterocycles. The minimum atomic E-state index is -1.16. The molecule has 1 aliphatic carbocycles. The van der Waals surface area contributed by atoms with Gasteiger partial charge in [-0.05, 0) is 67.6 Å². The van der Waals surface area contributed by atoms with E-state index in [0.29, 0.717) is 17.1 Å². The van der Waals surface area contributed by atoms with Gasteiger partial charge in [-0.1, -0.05) is 12.1 Å². The highest BCUT2D eigenvalue weighted by Crippen LogP contribution is 2.43. The van der Waals surface area contributed by atoms with Crippen LogP contribution < -0.4 is 10.1 Å². The van der Waals surface area contributed by atoms with Crippen molar-refractivity contribution in [1.82, 2.24) is 14.9 Å². The summed E-state index contributed by atoms with van der Waals surface area (Å²) in [6.45, 7) is 0.564. The number of halogens is 1. The Bertz CT molecular complexity index is 1270. The number of rotatable bonds is 13.